The number of nitrogens with one attached hydrogen (secondary N) is 1. The van der Waals surface area contributed by atoms with Crippen LogP contribution in [0.1, 0.15) is 23.0 Å². The van der Waals surface area contributed by atoms with E-state index in [0.717, 1.165) is 32.3 Å². The number of benzene rings is 1. The molecule has 108 valence electrons. The smallest absolute Gasteiger partial charge is 0.272 e. The van der Waals surface area contributed by atoms with Crippen LogP contribution in [0.3, 0.4) is 0 Å². The number of nitrogens with zero attached hydrogens (tertiary/aromatic N) is 1. The van der Waals surface area contributed by atoms with E-state index in [2.05, 4.69) is 5.32 Å². The Balaban J connectivity index is 1.98. The third-order valence-corrected chi connectivity index (χ3v) is 4.70. The van der Waals surface area contributed by atoms with E-state index in [-0.39, 0.29) is 5.91 Å². The zero-order valence-corrected chi connectivity index (χ0v) is 13.4. The topological polar surface area (TPSA) is 34.0 Å². The highest BCUT2D eigenvalue weighted by Gasteiger charge is 2.17. The summed E-state index contributed by atoms with van der Waals surface area (Å²) in [6, 6.07) is 11.6. The lowest BCUT2D eigenvalue weighted by atomic mass is 10.2. The lowest BCUT2D eigenvalue weighted by molar-refractivity contribution is 0.101. The van der Waals surface area contributed by atoms with Gasteiger partial charge in [0.15, 0.2) is 0 Å². The second-order valence-corrected chi connectivity index (χ2v) is 6.56. The van der Waals surface area contributed by atoms with Gasteiger partial charge in [0.25, 0.3) is 5.91 Å². The number of halogens is 1. The van der Waals surface area contributed by atoms with Crippen molar-refractivity contribution in [2.75, 3.05) is 5.32 Å². The predicted molar refractivity (Wildman–Crippen MR) is 89.6 cm³/mol. The van der Waals surface area contributed by atoms with Gasteiger partial charge in [0.05, 0.1) is 14.6 Å². The van der Waals surface area contributed by atoms with Crippen molar-refractivity contribution in [3.05, 3.63) is 52.0 Å². The van der Waals surface area contributed by atoms with Crippen LogP contribution in [0.5, 0.6) is 0 Å². The standard InChI is InChI=1S/C16H15ClN2OS/c1-3-19-12-9-15(17)21-14(12)8-13(19)16(20)18-11-7-5-4-6-10(11)2/h4-9H,3H2,1-2H3,(H,18,20). The van der Waals surface area contributed by atoms with E-state index in [1.54, 1.807) is 0 Å². The molecule has 0 saturated heterocycles. The van der Waals surface area contributed by atoms with Crippen molar-refractivity contribution >= 4 is 44.7 Å². The van der Waals surface area contributed by atoms with Gasteiger partial charge in [-0.3, -0.25) is 4.79 Å². The molecule has 1 aromatic carbocycles. The number of hydrogen-bond acceptors (Lipinski definition) is 2. The average molecular weight is 319 g/mol. The van der Waals surface area contributed by atoms with Gasteiger partial charge >= 0.3 is 0 Å². The average Bonchev–Trinajstić information content (AvgIpc) is 2.96. The predicted octanol–water partition coefficient (Wildman–Crippen LogP) is 4.94. The third kappa shape index (κ3) is 2.57. The van der Waals surface area contributed by atoms with Gasteiger partial charge in [0.1, 0.15) is 5.69 Å². The molecule has 0 bridgehead atoms. The molecular weight excluding hydrogens is 304 g/mol. The molecule has 21 heavy (non-hydrogen) atoms. The van der Waals surface area contributed by atoms with Crippen LogP contribution < -0.4 is 5.32 Å². The van der Waals surface area contributed by atoms with Crippen molar-refractivity contribution in [1.82, 2.24) is 4.57 Å². The fourth-order valence-electron chi connectivity index (χ4n) is 2.44. The van der Waals surface area contributed by atoms with Crippen molar-refractivity contribution < 1.29 is 4.79 Å². The molecule has 3 aromatic rings. The fraction of sp³-hybridized carbons (Fsp3) is 0.188. The Bertz CT molecular complexity index is 819. The summed E-state index contributed by atoms with van der Waals surface area (Å²) in [6.45, 7) is 4.73. The maximum absolute atomic E-state index is 12.5. The van der Waals surface area contributed by atoms with Crippen LogP contribution in [0.4, 0.5) is 5.69 Å². The van der Waals surface area contributed by atoms with Gasteiger partial charge in [-0.05, 0) is 37.6 Å². The van der Waals surface area contributed by atoms with Gasteiger partial charge in [-0.2, -0.15) is 0 Å². The lowest BCUT2D eigenvalue weighted by Crippen LogP contribution is -2.17. The molecule has 0 unspecified atom stereocenters. The Morgan fingerprint density at radius 3 is 2.81 bits per heavy atom. The Morgan fingerprint density at radius 1 is 1.33 bits per heavy atom. The summed E-state index contributed by atoms with van der Waals surface area (Å²) in [4.78, 5) is 12.5. The SMILES string of the molecule is CCn1c(C(=O)Nc2ccccc2C)cc2sc(Cl)cc21. The number of para-hydroxylation sites is 1. The number of aryl methyl sites for hydroxylation is 2. The van der Waals surface area contributed by atoms with Crippen molar-refractivity contribution in [3.63, 3.8) is 0 Å². The number of rotatable bonds is 3. The Morgan fingerprint density at radius 2 is 2.10 bits per heavy atom. The van der Waals surface area contributed by atoms with E-state index >= 15 is 0 Å². The molecule has 1 amide bonds. The molecule has 5 heteroatoms. The Labute approximate surface area is 132 Å². The van der Waals surface area contributed by atoms with Crippen molar-refractivity contribution in [2.45, 2.75) is 20.4 Å². The summed E-state index contributed by atoms with van der Waals surface area (Å²) in [5.74, 6) is -0.0920. The van der Waals surface area contributed by atoms with E-state index in [9.17, 15) is 4.79 Å². The van der Waals surface area contributed by atoms with E-state index in [0.29, 0.717) is 5.69 Å². The van der Waals surface area contributed by atoms with Crippen LogP contribution in [0.15, 0.2) is 36.4 Å². The molecule has 0 saturated carbocycles. The van der Waals surface area contributed by atoms with Gasteiger partial charge in [0, 0.05) is 12.2 Å². The van der Waals surface area contributed by atoms with Crippen LogP contribution in [0.25, 0.3) is 10.2 Å². The largest absolute Gasteiger partial charge is 0.336 e. The Hall–Kier alpha value is -1.78. The summed E-state index contributed by atoms with van der Waals surface area (Å²) in [7, 11) is 0. The van der Waals surface area contributed by atoms with Gasteiger partial charge in [-0.25, -0.2) is 0 Å². The highest BCUT2D eigenvalue weighted by atomic mass is 35.5. The molecule has 0 aliphatic carbocycles. The molecule has 1 N–H and O–H groups in total. The van der Waals surface area contributed by atoms with E-state index in [4.69, 9.17) is 11.6 Å². The van der Waals surface area contributed by atoms with Crippen molar-refractivity contribution in [3.8, 4) is 0 Å². The molecule has 0 fully saturated rings. The zero-order valence-electron chi connectivity index (χ0n) is 11.8. The minimum atomic E-state index is -0.0920. The molecule has 0 aliphatic rings. The minimum Gasteiger partial charge on any atom is -0.336 e. The fourth-order valence-corrected chi connectivity index (χ4v) is 3.62. The summed E-state index contributed by atoms with van der Waals surface area (Å²) in [5.41, 5.74) is 3.57. The highest BCUT2D eigenvalue weighted by molar-refractivity contribution is 7.22. The van der Waals surface area contributed by atoms with Crippen LogP contribution in [0.2, 0.25) is 4.34 Å². The second kappa shape index (κ2) is 5.54. The quantitative estimate of drug-likeness (QED) is 0.729. The number of thiophene rings is 1. The van der Waals surface area contributed by atoms with E-state index < -0.39 is 0 Å². The first kappa shape index (κ1) is 14.2. The first-order valence-electron chi connectivity index (χ1n) is 6.75. The normalized spacial score (nSPS) is 11.0. The first-order chi connectivity index (χ1) is 10.1. The maximum Gasteiger partial charge on any atom is 0.272 e. The monoisotopic (exact) mass is 318 g/mol. The maximum atomic E-state index is 12.5. The second-order valence-electron chi connectivity index (χ2n) is 4.84. The molecule has 3 rings (SSSR count). The number of fused-ring (bicyclic) bond motifs is 1. The summed E-state index contributed by atoms with van der Waals surface area (Å²) in [5, 5.41) is 2.98. The number of anilines is 1. The zero-order chi connectivity index (χ0) is 15.0. The van der Waals surface area contributed by atoms with Crippen LogP contribution in [-0.4, -0.2) is 10.5 Å². The van der Waals surface area contributed by atoms with Gasteiger partial charge in [-0.1, -0.05) is 29.8 Å². The van der Waals surface area contributed by atoms with Crippen LogP contribution in [0, 0.1) is 6.92 Å². The molecule has 2 heterocycles. The van der Waals surface area contributed by atoms with Gasteiger partial charge in [-0.15, -0.1) is 11.3 Å². The van der Waals surface area contributed by atoms with Crippen LogP contribution >= 0.6 is 22.9 Å². The molecular formula is C16H15ClN2OS. The lowest BCUT2D eigenvalue weighted by Gasteiger charge is -2.10. The van der Waals surface area contributed by atoms with Crippen molar-refractivity contribution in [1.29, 1.82) is 0 Å². The molecule has 0 aliphatic heterocycles. The molecule has 3 nitrogen and oxygen atoms in total. The summed E-state index contributed by atoms with van der Waals surface area (Å²) >= 11 is 7.53. The number of carbonyl (C=O) groups is 1. The Kier molecular flexibility index (Phi) is 3.74. The number of amides is 1. The number of hydrogen-bond donors (Lipinski definition) is 1. The molecule has 0 spiro atoms. The third-order valence-electron chi connectivity index (χ3n) is 3.50. The minimum absolute atomic E-state index is 0.0920. The molecule has 0 atom stereocenters. The highest BCUT2D eigenvalue weighted by Crippen LogP contribution is 2.32. The number of carbonyl (C=O) groups excluding carboxylic acids is 1. The molecule has 0 radical (unpaired) electrons. The van der Waals surface area contributed by atoms with E-state index in [1.165, 1.54) is 11.3 Å². The molecule has 2 aromatic heterocycles. The van der Waals surface area contributed by atoms with Gasteiger partial charge in [0.2, 0.25) is 0 Å². The first-order valence-corrected chi connectivity index (χ1v) is 7.95. The van der Waals surface area contributed by atoms with Gasteiger partial charge < -0.3 is 9.88 Å². The summed E-state index contributed by atoms with van der Waals surface area (Å²) < 4.78 is 3.77. The summed E-state index contributed by atoms with van der Waals surface area (Å²) in [6.07, 6.45) is 0. The number of aromatic nitrogens is 1. The van der Waals surface area contributed by atoms with E-state index in [1.807, 2.05) is 54.8 Å². The van der Waals surface area contributed by atoms with Crippen LogP contribution in [-0.2, 0) is 6.54 Å². The van der Waals surface area contributed by atoms with Crippen molar-refractivity contribution in [2.24, 2.45) is 0 Å².